The molecular weight excluding hydrogens is 272 g/mol. The Labute approximate surface area is 124 Å². The summed E-state index contributed by atoms with van der Waals surface area (Å²) in [5.41, 5.74) is 2.49. The van der Waals surface area contributed by atoms with Crippen LogP contribution in [-0.4, -0.2) is 13.1 Å². The first kappa shape index (κ1) is 13.5. The van der Waals surface area contributed by atoms with E-state index in [1.54, 1.807) is 6.26 Å². The van der Waals surface area contributed by atoms with Crippen LogP contribution in [0.1, 0.15) is 24.2 Å². The highest BCUT2D eigenvalue weighted by molar-refractivity contribution is 6.30. The van der Waals surface area contributed by atoms with Gasteiger partial charge in [0.05, 0.1) is 12.8 Å². The van der Waals surface area contributed by atoms with Crippen molar-refractivity contribution in [3.05, 3.63) is 52.9 Å². The lowest BCUT2D eigenvalue weighted by atomic mass is 10.1. The van der Waals surface area contributed by atoms with Gasteiger partial charge in [0.15, 0.2) is 0 Å². The van der Waals surface area contributed by atoms with Crippen LogP contribution in [0.25, 0.3) is 0 Å². The number of benzene rings is 1. The normalized spacial score (nSPS) is 14.5. The molecule has 0 spiro atoms. The van der Waals surface area contributed by atoms with E-state index in [0.29, 0.717) is 6.04 Å². The first-order valence-electron chi connectivity index (χ1n) is 7.00. The monoisotopic (exact) mass is 290 g/mol. The molecule has 3 nitrogen and oxygen atoms in total. The van der Waals surface area contributed by atoms with Crippen molar-refractivity contribution in [3.63, 3.8) is 0 Å². The Morgan fingerprint density at radius 2 is 2.20 bits per heavy atom. The summed E-state index contributed by atoms with van der Waals surface area (Å²) in [6, 6.07) is 10.7. The molecule has 1 saturated carbocycles. The van der Waals surface area contributed by atoms with Crippen LogP contribution in [0.2, 0.25) is 5.02 Å². The molecule has 1 N–H and O–H groups in total. The number of furan rings is 1. The van der Waals surface area contributed by atoms with E-state index in [0.717, 1.165) is 23.9 Å². The summed E-state index contributed by atoms with van der Waals surface area (Å²) in [4.78, 5) is 2.41. The zero-order valence-corrected chi connectivity index (χ0v) is 12.4. The maximum atomic E-state index is 6.20. The molecule has 0 saturated heterocycles. The molecule has 2 aromatic rings. The molecule has 1 aliphatic carbocycles. The van der Waals surface area contributed by atoms with Gasteiger partial charge < -0.3 is 14.6 Å². The lowest BCUT2D eigenvalue weighted by Gasteiger charge is -2.26. The van der Waals surface area contributed by atoms with Crippen molar-refractivity contribution >= 4 is 17.3 Å². The number of nitrogens with one attached hydrogen (secondary N) is 1. The van der Waals surface area contributed by atoms with Gasteiger partial charge in [0.25, 0.3) is 0 Å². The SMILES string of the molecule is CNCc1ccc(Cl)cc1N(Cc1ccco1)C1CC1. The third kappa shape index (κ3) is 3.00. The number of rotatable bonds is 6. The zero-order valence-electron chi connectivity index (χ0n) is 11.6. The molecule has 0 bridgehead atoms. The molecule has 0 unspecified atom stereocenters. The van der Waals surface area contributed by atoms with Gasteiger partial charge in [0.1, 0.15) is 5.76 Å². The summed E-state index contributed by atoms with van der Waals surface area (Å²) in [5.74, 6) is 0.993. The molecule has 1 aromatic heterocycles. The van der Waals surface area contributed by atoms with E-state index in [2.05, 4.69) is 22.3 Å². The molecule has 0 amide bonds. The number of anilines is 1. The van der Waals surface area contributed by atoms with Gasteiger partial charge in [0.2, 0.25) is 0 Å². The molecule has 0 aliphatic heterocycles. The number of halogens is 1. The maximum Gasteiger partial charge on any atom is 0.123 e. The summed E-state index contributed by atoms with van der Waals surface area (Å²) >= 11 is 6.20. The summed E-state index contributed by atoms with van der Waals surface area (Å²) in [7, 11) is 1.96. The quantitative estimate of drug-likeness (QED) is 0.877. The first-order chi connectivity index (χ1) is 9.78. The molecule has 4 heteroatoms. The van der Waals surface area contributed by atoms with E-state index in [1.165, 1.54) is 24.1 Å². The second kappa shape index (κ2) is 5.90. The topological polar surface area (TPSA) is 28.4 Å². The van der Waals surface area contributed by atoms with Crippen molar-refractivity contribution in [2.75, 3.05) is 11.9 Å². The highest BCUT2D eigenvalue weighted by Gasteiger charge is 2.31. The summed E-state index contributed by atoms with van der Waals surface area (Å²) in [6.45, 7) is 1.64. The molecule has 1 heterocycles. The van der Waals surface area contributed by atoms with Gasteiger partial charge in [-0.2, -0.15) is 0 Å². The average molecular weight is 291 g/mol. The van der Waals surface area contributed by atoms with Gasteiger partial charge in [-0.3, -0.25) is 0 Å². The van der Waals surface area contributed by atoms with Crippen LogP contribution in [0, 0.1) is 0 Å². The predicted molar refractivity (Wildman–Crippen MR) is 82.1 cm³/mol. The Morgan fingerprint density at radius 3 is 2.85 bits per heavy atom. The molecule has 106 valence electrons. The van der Waals surface area contributed by atoms with Crippen molar-refractivity contribution in [2.45, 2.75) is 32.0 Å². The summed E-state index contributed by atoms with van der Waals surface area (Å²) in [6.07, 6.45) is 4.21. The minimum Gasteiger partial charge on any atom is -0.467 e. The smallest absolute Gasteiger partial charge is 0.123 e. The Bertz CT molecular complexity index is 564. The Morgan fingerprint density at radius 1 is 1.35 bits per heavy atom. The van der Waals surface area contributed by atoms with Crippen molar-refractivity contribution in [2.24, 2.45) is 0 Å². The van der Waals surface area contributed by atoms with Gasteiger partial charge in [-0.05, 0) is 49.7 Å². The van der Waals surface area contributed by atoms with Crippen LogP contribution in [0.4, 0.5) is 5.69 Å². The van der Waals surface area contributed by atoms with Gasteiger partial charge in [-0.15, -0.1) is 0 Å². The van der Waals surface area contributed by atoms with Crippen molar-refractivity contribution in [3.8, 4) is 0 Å². The van der Waals surface area contributed by atoms with Crippen LogP contribution >= 0.6 is 11.6 Å². The molecule has 1 fully saturated rings. The fourth-order valence-electron chi connectivity index (χ4n) is 2.51. The van der Waals surface area contributed by atoms with Crippen molar-refractivity contribution < 1.29 is 4.42 Å². The third-order valence-corrected chi connectivity index (χ3v) is 3.85. The fraction of sp³-hybridized carbons (Fsp3) is 0.375. The van der Waals surface area contributed by atoms with Crippen molar-refractivity contribution in [1.29, 1.82) is 0 Å². The Kier molecular flexibility index (Phi) is 3.99. The van der Waals surface area contributed by atoms with Crippen LogP contribution in [0.5, 0.6) is 0 Å². The van der Waals surface area contributed by atoms with E-state index >= 15 is 0 Å². The molecule has 3 rings (SSSR count). The average Bonchev–Trinajstić information content (AvgIpc) is 3.15. The molecule has 20 heavy (non-hydrogen) atoms. The Balaban J connectivity index is 1.92. The molecule has 1 aromatic carbocycles. The molecular formula is C16H19ClN2O. The first-order valence-corrected chi connectivity index (χ1v) is 7.38. The molecule has 1 aliphatic rings. The second-order valence-electron chi connectivity index (χ2n) is 5.24. The summed E-state index contributed by atoms with van der Waals surface area (Å²) < 4.78 is 5.50. The Hall–Kier alpha value is -1.45. The lowest BCUT2D eigenvalue weighted by molar-refractivity contribution is 0.501. The lowest BCUT2D eigenvalue weighted by Crippen LogP contribution is -2.26. The van der Waals surface area contributed by atoms with Crippen LogP contribution in [0.3, 0.4) is 0 Å². The standard InChI is InChI=1S/C16H19ClN2O/c1-18-10-12-4-5-13(17)9-16(12)19(14-6-7-14)11-15-3-2-8-20-15/h2-5,8-9,14,18H,6-7,10-11H2,1H3. The number of hydrogen-bond acceptors (Lipinski definition) is 3. The van der Waals surface area contributed by atoms with E-state index in [9.17, 15) is 0 Å². The highest BCUT2D eigenvalue weighted by atomic mass is 35.5. The van der Waals surface area contributed by atoms with Crippen molar-refractivity contribution in [1.82, 2.24) is 5.32 Å². The van der Waals surface area contributed by atoms with Gasteiger partial charge in [0, 0.05) is 23.3 Å². The van der Waals surface area contributed by atoms with Gasteiger partial charge in [-0.1, -0.05) is 17.7 Å². The maximum absolute atomic E-state index is 6.20. The van der Waals surface area contributed by atoms with Gasteiger partial charge in [-0.25, -0.2) is 0 Å². The fourth-order valence-corrected chi connectivity index (χ4v) is 2.68. The minimum atomic E-state index is 0.606. The minimum absolute atomic E-state index is 0.606. The van der Waals surface area contributed by atoms with E-state index in [-0.39, 0.29) is 0 Å². The number of hydrogen-bond donors (Lipinski definition) is 1. The molecule has 0 atom stereocenters. The van der Waals surface area contributed by atoms with E-state index < -0.39 is 0 Å². The third-order valence-electron chi connectivity index (χ3n) is 3.62. The molecule has 0 radical (unpaired) electrons. The summed E-state index contributed by atoms with van der Waals surface area (Å²) in [5, 5.41) is 4.01. The second-order valence-corrected chi connectivity index (χ2v) is 5.68. The van der Waals surface area contributed by atoms with Crippen LogP contribution < -0.4 is 10.2 Å². The van der Waals surface area contributed by atoms with Crippen LogP contribution in [0.15, 0.2) is 41.0 Å². The van der Waals surface area contributed by atoms with E-state index in [4.69, 9.17) is 16.0 Å². The van der Waals surface area contributed by atoms with Gasteiger partial charge >= 0.3 is 0 Å². The van der Waals surface area contributed by atoms with E-state index in [1.807, 2.05) is 25.2 Å². The largest absolute Gasteiger partial charge is 0.467 e. The predicted octanol–water partition coefficient (Wildman–Crippen LogP) is 3.82. The zero-order chi connectivity index (χ0) is 13.9. The van der Waals surface area contributed by atoms with Crippen LogP contribution in [-0.2, 0) is 13.1 Å². The highest BCUT2D eigenvalue weighted by Crippen LogP contribution is 2.36. The number of nitrogens with zero attached hydrogens (tertiary/aromatic N) is 1.